The summed E-state index contributed by atoms with van der Waals surface area (Å²) in [4.78, 5) is 13.2. The molecule has 0 heterocycles. The van der Waals surface area contributed by atoms with Gasteiger partial charge in [-0.2, -0.15) is 0 Å². The molecule has 100 valence electrons. The fraction of sp³-hybridized carbons (Fsp3) is 0.462. The van der Waals surface area contributed by atoms with Crippen LogP contribution in [0.15, 0.2) is 30.3 Å². The van der Waals surface area contributed by atoms with Gasteiger partial charge in [-0.05, 0) is 19.1 Å². The molecule has 0 unspecified atom stereocenters. The topological polar surface area (TPSA) is 61.8 Å². The normalized spacial score (nSPS) is 9.89. The lowest BCUT2D eigenvalue weighted by Crippen LogP contribution is -2.42. The fourth-order valence-corrected chi connectivity index (χ4v) is 1.48. The summed E-state index contributed by atoms with van der Waals surface area (Å²) in [7, 11) is 0. The minimum Gasteiger partial charge on any atom is -0.492 e. The van der Waals surface area contributed by atoms with E-state index >= 15 is 0 Å². The number of nitrogens with one attached hydrogen (secondary N) is 1. The summed E-state index contributed by atoms with van der Waals surface area (Å²) >= 11 is 0. The maximum Gasteiger partial charge on any atom is 0.317 e. The van der Waals surface area contributed by atoms with E-state index < -0.39 is 0 Å². The average Bonchev–Trinajstić information content (AvgIpc) is 2.42. The molecule has 5 heteroatoms. The number of amides is 2. The Morgan fingerprint density at radius 2 is 2.11 bits per heavy atom. The summed E-state index contributed by atoms with van der Waals surface area (Å²) in [5, 5.41) is 11.5. The summed E-state index contributed by atoms with van der Waals surface area (Å²) in [6.07, 6.45) is 0. The molecule has 2 N–H and O–H groups in total. The first-order valence-electron chi connectivity index (χ1n) is 6.09. The van der Waals surface area contributed by atoms with Gasteiger partial charge in [0, 0.05) is 13.1 Å². The third kappa shape index (κ3) is 5.05. The Bertz CT molecular complexity index is 343. The van der Waals surface area contributed by atoms with Crippen molar-refractivity contribution in [2.75, 3.05) is 32.8 Å². The molecule has 0 aliphatic heterocycles. The lowest BCUT2D eigenvalue weighted by molar-refractivity contribution is 0.178. The number of aliphatic hydroxyl groups excluding tert-OH is 1. The van der Waals surface area contributed by atoms with Crippen molar-refractivity contribution < 1.29 is 14.6 Å². The van der Waals surface area contributed by atoms with Gasteiger partial charge in [0.1, 0.15) is 12.4 Å². The van der Waals surface area contributed by atoms with Crippen molar-refractivity contribution in [3.8, 4) is 5.75 Å². The molecule has 0 bridgehead atoms. The molecule has 0 aromatic heterocycles. The standard InChI is InChI=1S/C13H20N2O3/c1-2-15(9-10-16)13(17)14-8-11-18-12-6-4-3-5-7-12/h3-7,16H,2,8-11H2,1H3,(H,14,17). The number of ether oxygens (including phenoxy) is 1. The van der Waals surface area contributed by atoms with Gasteiger partial charge in [-0.15, -0.1) is 0 Å². The van der Waals surface area contributed by atoms with Crippen molar-refractivity contribution >= 4 is 6.03 Å². The summed E-state index contributed by atoms with van der Waals surface area (Å²) < 4.78 is 5.45. The molecule has 0 atom stereocenters. The van der Waals surface area contributed by atoms with E-state index in [1.807, 2.05) is 37.3 Å². The maximum atomic E-state index is 11.6. The highest BCUT2D eigenvalue weighted by Crippen LogP contribution is 2.07. The SMILES string of the molecule is CCN(CCO)C(=O)NCCOc1ccccc1. The lowest BCUT2D eigenvalue weighted by Gasteiger charge is -2.20. The van der Waals surface area contributed by atoms with Crippen LogP contribution in [0.5, 0.6) is 5.75 Å². The van der Waals surface area contributed by atoms with E-state index in [4.69, 9.17) is 9.84 Å². The van der Waals surface area contributed by atoms with Gasteiger partial charge in [0.15, 0.2) is 0 Å². The largest absolute Gasteiger partial charge is 0.492 e. The van der Waals surface area contributed by atoms with Crippen LogP contribution in [-0.2, 0) is 0 Å². The third-order valence-electron chi connectivity index (χ3n) is 2.43. The van der Waals surface area contributed by atoms with Crippen LogP contribution in [0.2, 0.25) is 0 Å². The molecule has 0 fully saturated rings. The number of carbonyl (C=O) groups is 1. The van der Waals surface area contributed by atoms with Gasteiger partial charge < -0.3 is 20.1 Å². The second kappa shape index (κ2) is 8.36. The highest BCUT2D eigenvalue weighted by Gasteiger charge is 2.09. The number of likely N-dealkylation sites (N-methyl/N-ethyl adjacent to an activating group) is 1. The van der Waals surface area contributed by atoms with Crippen LogP contribution in [0.25, 0.3) is 0 Å². The highest BCUT2D eigenvalue weighted by atomic mass is 16.5. The fourth-order valence-electron chi connectivity index (χ4n) is 1.48. The molecule has 0 saturated heterocycles. The van der Waals surface area contributed by atoms with Gasteiger partial charge in [-0.25, -0.2) is 4.79 Å². The maximum absolute atomic E-state index is 11.6. The van der Waals surface area contributed by atoms with Gasteiger partial charge in [0.2, 0.25) is 0 Å². The van der Waals surface area contributed by atoms with Crippen molar-refractivity contribution in [1.29, 1.82) is 0 Å². The van der Waals surface area contributed by atoms with Crippen LogP contribution in [-0.4, -0.2) is 48.9 Å². The van der Waals surface area contributed by atoms with Crippen LogP contribution >= 0.6 is 0 Å². The number of benzene rings is 1. The monoisotopic (exact) mass is 252 g/mol. The summed E-state index contributed by atoms with van der Waals surface area (Å²) in [6.45, 7) is 3.63. The van der Waals surface area contributed by atoms with Crippen molar-refractivity contribution in [3.63, 3.8) is 0 Å². The molecular weight excluding hydrogens is 232 g/mol. The summed E-state index contributed by atoms with van der Waals surface area (Å²) in [6, 6.07) is 9.27. The van der Waals surface area contributed by atoms with E-state index in [-0.39, 0.29) is 12.6 Å². The number of aliphatic hydroxyl groups is 1. The van der Waals surface area contributed by atoms with Crippen molar-refractivity contribution in [1.82, 2.24) is 10.2 Å². The number of hydrogen-bond donors (Lipinski definition) is 2. The summed E-state index contributed by atoms with van der Waals surface area (Å²) in [5.74, 6) is 0.787. The first-order valence-corrected chi connectivity index (χ1v) is 6.09. The zero-order chi connectivity index (χ0) is 13.2. The van der Waals surface area contributed by atoms with Crippen LogP contribution < -0.4 is 10.1 Å². The van der Waals surface area contributed by atoms with Gasteiger partial charge >= 0.3 is 6.03 Å². The Hall–Kier alpha value is -1.75. The predicted octanol–water partition coefficient (Wildman–Crippen LogP) is 1.09. The minimum atomic E-state index is -0.178. The molecule has 0 radical (unpaired) electrons. The third-order valence-corrected chi connectivity index (χ3v) is 2.43. The van der Waals surface area contributed by atoms with E-state index in [0.717, 1.165) is 5.75 Å². The van der Waals surface area contributed by atoms with E-state index in [1.54, 1.807) is 4.90 Å². The highest BCUT2D eigenvalue weighted by molar-refractivity contribution is 5.74. The Kier molecular flexibility index (Phi) is 6.64. The molecule has 0 spiro atoms. The first kappa shape index (κ1) is 14.3. The minimum absolute atomic E-state index is 0.0260. The van der Waals surface area contributed by atoms with Crippen molar-refractivity contribution in [3.05, 3.63) is 30.3 Å². The van der Waals surface area contributed by atoms with Crippen LogP contribution in [0, 0.1) is 0 Å². The van der Waals surface area contributed by atoms with Gasteiger partial charge in [-0.1, -0.05) is 18.2 Å². The zero-order valence-corrected chi connectivity index (χ0v) is 10.6. The number of para-hydroxylation sites is 1. The second-order valence-corrected chi connectivity index (χ2v) is 3.70. The quantitative estimate of drug-likeness (QED) is 0.714. The first-order chi connectivity index (χ1) is 8.77. The molecule has 1 rings (SSSR count). The lowest BCUT2D eigenvalue weighted by atomic mass is 10.3. The number of nitrogens with zero attached hydrogens (tertiary/aromatic N) is 1. The molecule has 1 aromatic rings. The number of hydrogen-bond acceptors (Lipinski definition) is 3. The van der Waals surface area contributed by atoms with Gasteiger partial charge in [0.05, 0.1) is 13.2 Å². The summed E-state index contributed by atoms with van der Waals surface area (Å²) in [5.41, 5.74) is 0. The molecule has 0 saturated carbocycles. The number of urea groups is 1. The Morgan fingerprint density at radius 3 is 2.72 bits per heavy atom. The number of carbonyl (C=O) groups excluding carboxylic acids is 1. The molecule has 5 nitrogen and oxygen atoms in total. The Morgan fingerprint density at radius 1 is 1.39 bits per heavy atom. The van der Waals surface area contributed by atoms with Gasteiger partial charge in [0.25, 0.3) is 0 Å². The molecular formula is C13H20N2O3. The Labute approximate surface area is 107 Å². The smallest absolute Gasteiger partial charge is 0.317 e. The van der Waals surface area contributed by atoms with Crippen LogP contribution in [0.1, 0.15) is 6.92 Å². The second-order valence-electron chi connectivity index (χ2n) is 3.70. The molecule has 1 aromatic carbocycles. The predicted molar refractivity (Wildman–Crippen MR) is 69.7 cm³/mol. The molecule has 18 heavy (non-hydrogen) atoms. The molecule has 0 aliphatic rings. The van der Waals surface area contributed by atoms with Crippen molar-refractivity contribution in [2.24, 2.45) is 0 Å². The van der Waals surface area contributed by atoms with E-state index in [2.05, 4.69) is 5.32 Å². The van der Waals surface area contributed by atoms with Crippen molar-refractivity contribution in [2.45, 2.75) is 6.92 Å². The number of rotatable bonds is 7. The molecule has 0 aliphatic carbocycles. The van der Waals surface area contributed by atoms with E-state index in [9.17, 15) is 4.79 Å². The van der Waals surface area contributed by atoms with E-state index in [0.29, 0.717) is 26.2 Å². The van der Waals surface area contributed by atoms with Gasteiger partial charge in [-0.3, -0.25) is 0 Å². The van der Waals surface area contributed by atoms with Crippen LogP contribution in [0.4, 0.5) is 4.79 Å². The van der Waals surface area contributed by atoms with E-state index in [1.165, 1.54) is 0 Å². The molecule has 2 amide bonds. The average molecular weight is 252 g/mol. The zero-order valence-electron chi connectivity index (χ0n) is 10.6. The van der Waals surface area contributed by atoms with Crippen LogP contribution in [0.3, 0.4) is 0 Å². The Balaban J connectivity index is 2.19.